The highest BCUT2D eigenvalue weighted by molar-refractivity contribution is 7.09. The highest BCUT2D eigenvalue weighted by Crippen LogP contribution is 2.29. The predicted octanol–water partition coefficient (Wildman–Crippen LogP) is 3.36. The van der Waals surface area contributed by atoms with Crippen LogP contribution in [0.2, 0.25) is 0 Å². The number of hydrogen-bond donors (Lipinski definition) is 1. The zero-order valence-corrected chi connectivity index (χ0v) is 17.6. The SMILES string of the molecule is COCc1nc(C(=O)OCC(=O)Nc2c(C#N)c(C)c(C)n2-c2ccccc2)cs1. The van der Waals surface area contributed by atoms with Crippen molar-refractivity contribution < 1.29 is 19.1 Å². The zero-order valence-electron chi connectivity index (χ0n) is 16.8. The Balaban J connectivity index is 1.75. The summed E-state index contributed by atoms with van der Waals surface area (Å²) in [6.45, 7) is 3.49. The number of para-hydroxylation sites is 1. The molecule has 0 bridgehead atoms. The normalized spacial score (nSPS) is 10.5. The number of nitriles is 1. The molecule has 0 aliphatic rings. The number of amides is 1. The topological polar surface area (TPSA) is 106 Å². The molecule has 1 amide bonds. The molecule has 0 aliphatic carbocycles. The van der Waals surface area contributed by atoms with Gasteiger partial charge in [0.25, 0.3) is 5.91 Å². The van der Waals surface area contributed by atoms with Crippen LogP contribution < -0.4 is 5.32 Å². The van der Waals surface area contributed by atoms with E-state index in [0.29, 0.717) is 23.0 Å². The standard InChI is InChI=1S/C21H20N4O4S/c1-13-14(2)25(15-7-5-4-6-8-15)20(16(13)9-22)24-18(26)10-29-21(27)17-12-30-19(23-17)11-28-3/h4-8,12H,10-11H2,1-3H3,(H,24,26). The average Bonchev–Trinajstić information content (AvgIpc) is 3.30. The number of hydrogen-bond acceptors (Lipinski definition) is 7. The van der Waals surface area contributed by atoms with Gasteiger partial charge in [-0.2, -0.15) is 5.26 Å². The Hall–Kier alpha value is -3.48. The molecule has 0 fully saturated rings. The number of rotatable bonds is 7. The van der Waals surface area contributed by atoms with Gasteiger partial charge in [-0.3, -0.25) is 9.36 Å². The van der Waals surface area contributed by atoms with Crippen LogP contribution in [0.4, 0.5) is 5.82 Å². The van der Waals surface area contributed by atoms with Gasteiger partial charge in [-0.25, -0.2) is 9.78 Å². The van der Waals surface area contributed by atoms with Crippen molar-refractivity contribution in [2.24, 2.45) is 0 Å². The van der Waals surface area contributed by atoms with Crippen LogP contribution in [0.5, 0.6) is 0 Å². The number of benzene rings is 1. The zero-order chi connectivity index (χ0) is 21.7. The highest BCUT2D eigenvalue weighted by atomic mass is 32.1. The monoisotopic (exact) mass is 424 g/mol. The summed E-state index contributed by atoms with van der Waals surface area (Å²) in [5.41, 5.74) is 2.89. The molecule has 1 N–H and O–H groups in total. The van der Waals surface area contributed by atoms with Gasteiger partial charge in [-0.05, 0) is 31.5 Å². The van der Waals surface area contributed by atoms with Gasteiger partial charge in [-0.1, -0.05) is 18.2 Å². The van der Waals surface area contributed by atoms with E-state index < -0.39 is 18.5 Å². The Morgan fingerprint density at radius 2 is 2.00 bits per heavy atom. The molecule has 0 saturated heterocycles. The van der Waals surface area contributed by atoms with Gasteiger partial charge >= 0.3 is 5.97 Å². The molecule has 0 aliphatic heterocycles. The third-order valence-electron chi connectivity index (χ3n) is 4.46. The molecule has 3 aromatic rings. The minimum atomic E-state index is -0.699. The van der Waals surface area contributed by atoms with Crippen molar-refractivity contribution in [3.8, 4) is 11.8 Å². The van der Waals surface area contributed by atoms with Crippen molar-refractivity contribution in [2.75, 3.05) is 19.0 Å². The first-order valence-corrected chi connectivity index (χ1v) is 9.92. The first kappa shape index (κ1) is 21.2. The number of carbonyl (C=O) groups is 2. The molecule has 154 valence electrons. The Bertz CT molecular complexity index is 1110. The Morgan fingerprint density at radius 3 is 2.67 bits per heavy atom. The lowest BCUT2D eigenvalue weighted by molar-refractivity contribution is -0.119. The number of aromatic nitrogens is 2. The Labute approximate surface area is 177 Å². The highest BCUT2D eigenvalue weighted by Gasteiger charge is 2.21. The summed E-state index contributed by atoms with van der Waals surface area (Å²) in [6.07, 6.45) is 0. The summed E-state index contributed by atoms with van der Waals surface area (Å²) in [5, 5.41) is 14.5. The molecular weight excluding hydrogens is 404 g/mol. The van der Waals surface area contributed by atoms with E-state index in [1.807, 2.05) is 44.2 Å². The first-order valence-electron chi connectivity index (χ1n) is 9.04. The lowest BCUT2D eigenvalue weighted by atomic mass is 10.2. The second kappa shape index (κ2) is 9.35. The van der Waals surface area contributed by atoms with E-state index in [4.69, 9.17) is 9.47 Å². The van der Waals surface area contributed by atoms with Crippen molar-refractivity contribution in [3.05, 3.63) is 63.2 Å². The largest absolute Gasteiger partial charge is 0.451 e. The summed E-state index contributed by atoms with van der Waals surface area (Å²) in [7, 11) is 1.54. The van der Waals surface area contributed by atoms with E-state index in [2.05, 4.69) is 16.4 Å². The third kappa shape index (κ3) is 4.40. The number of esters is 1. The lowest BCUT2D eigenvalue weighted by Crippen LogP contribution is -2.23. The van der Waals surface area contributed by atoms with Crippen molar-refractivity contribution >= 4 is 29.0 Å². The lowest BCUT2D eigenvalue weighted by Gasteiger charge is -2.13. The smallest absolute Gasteiger partial charge is 0.358 e. The summed E-state index contributed by atoms with van der Waals surface area (Å²) in [5.74, 6) is -0.910. The maximum Gasteiger partial charge on any atom is 0.358 e. The summed E-state index contributed by atoms with van der Waals surface area (Å²) in [4.78, 5) is 28.7. The fourth-order valence-electron chi connectivity index (χ4n) is 2.93. The van der Waals surface area contributed by atoms with Crippen LogP contribution in [0.3, 0.4) is 0 Å². The van der Waals surface area contributed by atoms with Crippen LogP contribution >= 0.6 is 11.3 Å². The predicted molar refractivity (Wildman–Crippen MR) is 112 cm³/mol. The Morgan fingerprint density at radius 1 is 1.27 bits per heavy atom. The summed E-state index contributed by atoms with van der Waals surface area (Å²) < 4.78 is 11.8. The fraction of sp³-hybridized carbons (Fsp3) is 0.238. The first-order chi connectivity index (χ1) is 14.5. The van der Waals surface area contributed by atoms with Gasteiger partial charge in [0.1, 0.15) is 16.9 Å². The molecule has 0 saturated carbocycles. The molecule has 0 spiro atoms. The minimum Gasteiger partial charge on any atom is -0.451 e. The molecule has 0 unspecified atom stereocenters. The van der Waals surface area contributed by atoms with Crippen molar-refractivity contribution in [1.29, 1.82) is 5.26 Å². The molecule has 0 atom stereocenters. The fourth-order valence-corrected chi connectivity index (χ4v) is 3.66. The van der Waals surface area contributed by atoms with Crippen LogP contribution in [0.15, 0.2) is 35.7 Å². The van der Waals surface area contributed by atoms with Crippen LogP contribution in [-0.4, -0.2) is 35.1 Å². The number of methoxy groups -OCH3 is 1. The molecule has 3 rings (SSSR count). The maximum absolute atomic E-state index is 12.5. The Kier molecular flexibility index (Phi) is 6.61. The second-order valence-electron chi connectivity index (χ2n) is 6.40. The van der Waals surface area contributed by atoms with E-state index in [-0.39, 0.29) is 5.69 Å². The average molecular weight is 424 g/mol. The van der Waals surface area contributed by atoms with E-state index in [1.54, 1.807) is 9.95 Å². The molecule has 1 aromatic carbocycles. The van der Waals surface area contributed by atoms with Crippen LogP contribution in [-0.2, 0) is 20.9 Å². The van der Waals surface area contributed by atoms with Gasteiger partial charge in [0, 0.05) is 23.9 Å². The minimum absolute atomic E-state index is 0.122. The van der Waals surface area contributed by atoms with Gasteiger partial charge in [0.15, 0.2) is 12.3 Å². The number of nitrogens with one attached hydrogen (secondary N) is 1. The molecule has 30 heavy (non-hydrogen) atoms. The maximum atomic E-state index is 12.5. The van der Waals surface area contributed by atoms with E-state index >= 15 is 0 Å². The summed E-state index contributed by atoms with van der Waals surface area (Å²) in [6, 6.07) is 11.5. The quantitative estimate of drug-likeness (QED) is 0.583. The van der Waals surface area contributed by atoms with Gasteiger partial charge in [-0.15, -0.1) is 11.3 Å². The van der Waals surface area contributed by atoms with Gasteiger partial charge < -0.3 is 14.8 Å². The van der Waals surface area contributed by atoms with Crippen LogP contribution in [0, 0.1) is 25.2 Å². The molecule has 8 nitrogen and oxygen atoms in total. The number of ether oxygens (including phenoxy) is 2. The van der Waals surface area contributed by atoms with Crippen molar-refractivity contribution in [1.82, 2.24) is 9.55 Å². The molecular formula is C21H20N4O4S. The van der Waals surface area contributed by atoms with Gasteiger partial charge in [0.2, 0.25) is 0 Å². The second-order valence-corrected chi connectivity index (χ2v) is 7.34. The number of anilines is 1. The number of thiazole rings is 1. The van der Waals surface area contributed by atoms with E-state index in [9.17, 15) is 14.9 Å². The number of carbonyl (C=O) groups excluding carboxylic acids is 2. The molecule has 0 radical (unpaired) electrons. The third-order valence-corrected chi connectivity index (χ3v) is 5.28. The van der Waals surface area contributed by atoms with Crippen molar-refractivity contribution in [2.45, 2.75) is 20.5 Å². The van der Waals surface area contributed by atoms with E-state index in [1.165, 1.54) is 18.4 Å². The molecule has 2 aromatic heterocycles. The van der Waals surface area contributed by atoms with Crippen LogP contribution in [0.1, 0.15) is 32.3 Å². The van der Waals surface area contributed by atoms with Gasteiger partial charge in [0.05, 0.1) is 12.2 Å². The van der Waals surface area contributed by atoms with Crippen molar-refractivity contribution in [3.63, 3.8) is 0 Å². The molecule has 9 heteroatoms. The summed E-state index contributed by atoms with van der Waals surface area (Å²) >= 11 is 1.27. The van der Waals surface area contributed by atoms with Crippen LogP contribution in [0.25, 0.3) is 5.69 Å². The number of nitrogens with zero attached hydrogens (tertiary/aromatic N) is 3. The van der Waals surface area contributed by atoms with E-state index in [0.717, 1.165) is 16.9 Å². The molecule has 2 heterocycles.